The average molecular weight is 390 g/mol. The molecule has 0 atom stereocenters. The number of methoxy groups -OCH3 is 2. The first-order valence-electron chi connectivity index (χ1n) is 9.01. The molecule has 2 N–H and O–H groups in total. The van der Waals surface area contributed by atoms with Gasteiger partial charge < -0.3 is 19.9 Å². The number of hydrogen-bond donors (Lipinski definition) is 2. The van der Waals surface area contributed by atoms with Gasteiger partial charge in [0.15, 0.2) is 17.3 Å². The number of pyridine rings is 1. The van der Waals surface area contributed by atoms with Gasteiger partial charge in [-0.3, -0.25) is 4.79 Å². The summed E-state index contributed by atoms with van der Waals surface area (Å²) in [6.45, 7) is -0.00386. The molecule has 148 valence electrons. The molecule has 0 bridgehead atoms. The Morgan fingerprint density at radius 1 is 1.07 bits per heavy atom. The number of allylic oxidation sites excluding steroid dienone is 1. The fourth-order valence-corrected chi connectivity index (χ4v) is 2.74. The summed E-state index contributed by atoms with van der Waals surface area (Å²) in [5, 5.41) is 12.4. The highest BCUT2D eigenvalue weighted by Crippen LogP contribution is 2.28. The fraction of sp³-hybridized carbons (Fsp3) is 0.130. The number of anilines is 2. The molecular weight excluding hydrogens is 368 g/mol. The van der Waals surface area contributed by atoms with Crippen molar-refractivity contribution in [2.24, 2.45) is 0 Å². The van der Waals surface area contributed by atoms with Crippen molar-refractivity contribution in [3.8, 4) is 11.5 Å². The molecule has 0 aliphatic rings. The molecule has 2 aromatic carbocycles. The highest BCUT2D eigenvalue weighted by atomic mass is 16.5. The summed E-state index contributed by atoms with van der Waals surface area (Å²) in [5.41, 5.74) is 2.93. The molecule has 0 aliphatic heterocycles. The summed E-state index contributed by atoms with van der Waals surface area (Å²) >= 11 is 0. The van der Waals surface area contributed by atoms with Gasteiger partial charge in [0.25, 0.3) is 0 Å². The number of nitrogens with one attached hydrogen (secondary N) is 1. The lowest BCUT2D eigenvalue weighted by atomic mass is 10.1. The third kappa shape index (κ3) is 5.00. The SMILES string of the molecule is COc1ccc(C(=O)/C=C/c2cccnc2Nc2ccc(CO)cc2)cc1OC. The topological polar surface area (TPSA) is 80.7 Å². The molecule has 3 rings (SSSR count). The van der Waals surface area contributed by atoms with E-state index in [1.54, 1.807) is 43.6 Å². The van der Waals surface area contributed by atoms with E-state index in [0.717, 1.165) is 16.8 Å². The van der Waals surface area contributed by atoms with Crippen molar-refractivity contribution >= 4 is 23.4 Å². The number of aliphatic hydroxyl groups excluding tert-OH is 1. The standard InChI is InChI=1S/C23H22N2O4/c1-28-21-12-8-18(14-22(21)29-2)20(27)11-7-17-4-3-13-24-23(17)25-19-9-5-16(15-26)6-10-19/h3-14,26H,15H2,1-2H3,(H,24,25)/b11-7+. The summed E-state index contributed by atoms with van der Waals surface area (Å²) in [4.78, 5) is 16.9. The van der Waals surface area contributed by atoms with Crippen molar-refractivity contribution in [3.63, 3.8) is 0 Å². The molecule has 3 aromatic rings. The fourth-order valence-electron chi connectivity index (χ4n) is 2.74. The van der Waals surface area contributed by atoms with Crippen LogP contribution < -0.4 is 14.8 Å². The van der Waals surface area contributed by atoms with Gasteiger partial charge >= 0.3 is 0 Å². The van der Waals surface area contributed by atoms with Gasteiger partial charge in [0, 0.05) is 23.0 Å². The Labute approximate surface area is 169 Å². The van der Waals surface area contributed by atoms with Gasteiger partial charge in [-0.25, -0.2) is 4.98 Å². The van der Waals surface area contributed by atoms with E-state index >= 15 is 0 Å². The maximum atomic E-state index is 12.6. The summed E-state index contributed by atoms with van der Waals surface area (Å²) in [5.74, 6) is 1.54. The molecule has 0 spiro atoms. The second-order valence-electron chi connectivity index (χ2n) is 6.19. The first-order chi connectivity index (χ1) is 14.1. The number of ketones is 1. The minimum Gasteiger partial charge on any atom is -0.493 e. The lowest BCUT2D eigenvalue weighted by Gasteiger charge is -2.09. The predicted molar refractivity (Wildman–Crippen MR) is 113 cm³/mol. The number of carbonyl (C=O) groups excluding carboxylic acids is 1. The van der Waals surface area contributed by atoms with E-state index in [9.17, 15) is 4.79 Å². The Morgan fingerprint density at radius 2 is 1.83 bits per heavy atom. The zero-order valence-corrected chi connectivity index (χ0v) is 16.3. The largest absolute Gasteiger partial charge is 0.493 e. The number of hydrogen-bond acceptors (Lipinski definition) is 6. The molecule has 29 heavy (non-hydrogen) atoms. The lowest BCUT2D eigenvalue weighted by Crippen LogP contribution is -1.99. The number of benzene rings is 2. The van der Waals surface area contributed by atoms with Crippen LogP contribution in [0.15, 0.2) is 66.9 Å². The molecular formula is C23H22N2O4. The van der Waals surface area contributed by atoms with Gasteiger partial charge in [-0.15, -0.1) is 0 Å². The van der Waals surface area contributed by atoms with Crippen LogP contribution in [0.2, 0.25) is 0 Å². The molecule has 1 aromatic heterocycles. The minimum atomic E-state index is -0.159. The monoisotopic (exact) mass is 390 g/mol. The van der Waals surface area contributed by atoms with E-state index in [1.165, 1.54) is 13.2 Å². The van der Waals surface area contributed by atoms with Gasteiger partial charge in [0.2, 0.25) is 0 Å². The number of carbonyl (C=O) groups is 1. The molecule has 6 nitrogen and oxygen atoms in total. The Bertz CT molecular complexity index is 1010. The summed E-state index contributed by atoms with van der Waals surface area (Å²) < 4.78 is 10.5. The van der Waals surface area contributed by atoms with Gasteiger partial charge in [0.05, 0.1) is 20.8 Å². The molecule has 6 heteroatoms. The van der Waals surface area contributed by atoms with E-state index in [4.69, 9.17) is 14.6 Å². The Hall–Kier alpha value is -3.64. The maximum Gasteiger partial charge on any atom is 0.185 e. The summed E-state index contributed by atoms with van der Waals surface area (Å²) in [6.07, 6.45) is 4.90. The smallest absolute Gasteiger partial charge is 0.185 e. The highest BCUT2D eigenvalue weighted by molar-refractivity contribution is 6.07. The van der Waals surface area contributed by atoms with Gasteiger partial charge in [-0.05, 0) is 60.2 Å². The van der Waals surface area contributed by atoms with Gasteiger partial charge in [-0.2, -0.15) is 0 Å². The number of aromatic nitrogens is 1. The van der Waals surface area contributed by atoms with Crippen LogP contribution in [-0.2, 0) is 6.61 Å². The van der Waals surface area contributed by atoms with E-state index in [2.05, 4.69) is 10.3 Å². The normalized spacial score (nSPS) is 10.7. The highest BCUT2D eigenvalue weighted by Gasteiger charge is 2.09. The van der Waals surface area contributed by atoms with E-state index in [-0.39, 0.29) is 12.4 Å². The zero-order valence-electron chi connectivity index (χ0n) is 16.3. The Kier molecular flexibility index (Phi) is 6.60. The lowest BCUT2D eigenvalue weighted by molar-refractivity contribution is 0.104. The maximum absolute atomic E-state index is 12.6. The predicted octanol–water partition coefficient (Wildman–Crippen LogP) is 4.23. The van der Waals surface area contributed by atoms with Crippen molar-refractivity contribution in [2.75, 3.05) is 19.5 Å². The summed E-state index contributed by atoms with van der Waals surface area (Å²) in [6, 6.07) is 16.1. The third-order valence-electron chi connectivity index (χ3n) is 4.32. The zero-order chi connectivity index (χ0) is 20.6. The van der Waals surface area contributed by atoms with E-state index in [0.29, 0.717) is 22.9 Å². The second-order valence-corrected chi connectivity index (χ2v) is 6.19. The molecule has 0 radical (unpaired) electrons. The average Bonchev–Trinajstić information content (AvgIpc) is 2.78. The van der Waals surface area contributed by atoms with Crippen molar-refractivity contribution in [2.45, 2.75) is 6.61 Å². The number of nitrogens with zero attached hydrogens (tertiary/aromatic N) is 1. The number of ether oxygens (including phenoxy) is 2. The van der Waals surface area contributed by atoms with E-state index in [1.807, 2.05) is 30.3 Å². The first kappa shape index (κ1) is 20.1. The third-order valence-corrected chi connectivity index (χ3v) is 4.32. The molecule has 0 saturated carbocycles. The molecule has 0 fully saturated rings. The van der Waals surface area contributed by atoms with Crippen molar-refractivity contribution < 1.29 is 19.4 Å². The second kappa shape index (κ2) is 9.52. The molecule has 0 amide bonds. The van der Waals surface area contributed by atoms with Crippen molar-refractivity contribution in [3.05, 3.63) is 83.6 Å². The van der Waals surface area contributed by atoms with Gasteiger partial charge in [0.1, 0.15) is 5.82 Å². The minimum absolute atomic E-state index is 0.00386. The van der Waals surface area contributed by atoms with Crippen LogP contribution in [0.4, 0.5) is 11.5 Å². The van der Waals surface area contributed by atoms with Crippen LogP contribution >= 0.6 is 0 Å². The van der Waals surface area contributed by atoms with Crippen LogP contribution in [0.3, 0.4) is 0 Å². The van der Waals surface area contributed by atoms with Gasteiger partial charge in [-0.1, -0.05) is 12.1 Å². The van der Waals surface area contributed by atoms with Crippen molar-refractivity contribution in [1.82, 2.24) is 4.98 Å². The molecule has 1 heterocycles. The van der Waals surface area contributed by atoms with Crippen LogP contribution in [0.25, 0.3) is 6.08 Å². The van der Waals surface area contributed by atoms with Crippen LogP contribution in [0, 0.1) is 0 Å². The first-order valence-corrected chi connectivity index (χ1v) is 9.01. The summed E-state index contributed by atoms with van der Waals surface area (Å²) in [7, 11) is 3.08. The molecule has 0 unspecified atom stereocenters. The molecule has 0 aliphatic carbocycles. The quantitative estimate of drug-likeness (QED) is 0.443. The Morgan fingerprint density at radius 3 is 2.52 bits per heavy atom. The Balaban J connectivity index is 1.79. The van der Waals surface area contributed by atoms with Crippen LogP contribution in [-0.4, -0.2) is 30.1 Å². The molecule has 0 saturated heterocycles. The number of rotatable bonds is 8. The van der Waals surface area contributed by atoms with Crippen LogP contribution in [0.5, 0.6) is 11.5 Å². The van der Waals surface area contributed by atoms with Crippen molar-refractivity contribution in [1.29, 1.82) is 0 Å². The van der Waals surface area contributed by atoms with E-state index < -0.39 is 0 Å². The van der Waals surface area contributed by atoms with Crippen LogP contribution in [0.1, 0.15) is 21.5 Å². The number of aliphatic hydroxyl groups is 1.